The molecule has 0 saturated carbocycles. The molecule has 1 N–H and O–H groups in total. The summed E-state index contributed by atoms with van der Waals surface area (Å²) in [6.07, 6.45) is 0. The second-order valence-corrected chi connectivity index (χ2v) is 5.24. The number of ether oxygens (including phenoxy) is 1. The highest BCUT2D eigenvalue weighted by Crippen LogP contribution is 2.15. The van der Waals surface area contributed by atoms with Crippen molar-refractivity contribution in [2.75, 3.05) is 13.2 Å². The Labute approximate surface area is 107 Å². The van der Waals surface area contributed by atoms with Crippen molar-refractivity contribution in [1.29, 1.82) is 0 Å². The van der Waals surface area contributed by atoms with Crippen LogP contribution in [0.25, 0.3) is 0 Å². The molecule has 1 rings (SSSR count). The van der Waals surface area contributed by atoms with Gasteiger partial charge in [-0.05, 0) is 32.4 Å². The van der Waals surface area contributed by atoms with Crippen LogP contribution in [0.1, 0.15) is 26.3 Å². The van der Waals surface area contributed by atoms with E-state index in [9.17, 15) is 0 Å². The van der Waals surface area contributed by atoms with Crippen LogP contribution in [0.3, 0.4) is 0 Å². The molecule has 0 amide bonds. The van der Waals surface area contributed by atoms with E-state index in [1.54, 1.807) is 0 Å². The van der Waals surface area contributed by atoms with Gasteiger partial charge in [0.1, 0.15) is 0 Å². The fourth-order valence-electron chi connectivity index (χ4n) is 1.58. The Morgan fingerprint density at radius 3 is 2.62 bits per heavy atom. The number of rotatable bonds is 6. The quantitative estimate of drug-likeness (QED) is 0.866. The van der Waals surface area contributed by atoms with E-state index < -0.39 is 0 Å². The van der Waals surface area contributed by atoms with Crippen molar-refractivity contribution in [1.82, 2.24) is 5.32 Å². The molecule has 1 aromatic carbocycles. The Balaban J connectivity index is 2.39. The number of hydrogen-bond acceptors (Lipinski definition) is 2. The van der Waals surface area contributed by atoms with E-state index in [0.29, 0.717) is 0 Å². The predicted octanol–water partition coefficient (Wildman–Crippen LogP) is 3.35. The molecule has 0 radical (unpaired) electrons. The van der Waals surface area contributed by atoms with Crippen molar-refractivity contribution >= 4 is 15.9 Å². The standard InChI is InChI=1S/C13H20BrNO/c1-4-16-13(2,3)10-15-9-11-7-5-6-8-12(11)14/h5-8,15H,4,9-10H2,1-3H3. The summed E-state index contributed by atoms with van der Waals surface area (Å²) < 4.78 is 6.77. The first-order chi connectivity index (χ1) is 7.55. The van der Waals surface area contributed by atoms with Crippen molar-refractivity contribution in [2.45, 2.75) is 32.9 Å². The summed E-state index contributed by atoms with van der Waals surface area (Å²) in [5, 5.41) is 3.41. The van der Waals surface area contributed by atoms with Crippen molar-refractivity contribution in [2.24, 2.45) is 0 Å². The molecule has 0 saturated heterocycles. The Hall–Kier alpha value is -0.380. The third-order valence-electron chi connectivity index (χ3n) is 2.36. The average molecular weight is 286 g/mol. The van der Waals surface area contributed by atoms with Crippen molar-refractivity contribution in [3.8, 4) is 0 Å². The van der Waals surface area contributed by atoms with Crippen LogP contribution < -0.4 is 5.32 Å². The lowest BCUT2D eigenvalue weighted by atomic mass is 10.1. The molecule has 0 bridgehead atoms. The summed E-state index contributed by atoms with van der Waals surface area (Å²) in [5.41, 5.74) is 1.17. The number of halogens is 1. The van der Waals surface area contributed by atoms with Crippen LogP contribution in [0.5, 0.6) is 0 Å². The van der Waals surface area contributed by atoms with E-state index in [2.05, 4.69) is 53.3 Å². The highest BCUT2D eigenvalue weighted by molar-refractivity contribution is 9.10. The molecule has 0 aliphatic heterocycles. The summed E-state index contributed by atoms with van der Waals surface area (Å²) in [7, 11) is 0. The zero-order valence-corrected chi connectivity index (χ0v) is 11.8. The van der Waals surface area contributed by atoms with Crippen LogP contribution in [0.2, 0.25) is 0 Å². The first kappa shape index (κ1) is 13.7. The van der Waals surface area contributed by atoms with Gasteiger partial charge in [-0.25, -0.2) is 0 Å². The lowest BCUT2D eigenvalue weighted by Crippen LogP contribution is -2.37. The summed E-state index contributed by atoms with van der Waals surface area (Å²) in [6.45, 7) is 8.69. The van der Waals surface area contributed by atoms with Crippen LogP contribution in [0.4, 0.5) is 0 Å². The molecule has 3 heteroatoms. The molecule has 0 aliphatic rings. The molecule has 0 spiro atoms. The maximum absolute atomic E-state index is 5.62. The van der Waals surface area contributed by atoms with Gasteiger partial charge in [0.05, 0.1) is 5.60 Å². The molecule has 1 aromatic rings. The van der Waals surface area contributed by atoms with Crippen molar-refractivity contribution < 1.29 is 4.74 Å². The van der Waals surface area contributed by atoms with E-state index in [1.807, 2.05) is 13.0 Å². The number of benzene rings is 1. The average Bonchev–Trinajstić information content (AvgIpc) is 2.20. The molecule has 0 atom stereocenters. The van der Waals surface area contributed by atoms with Crippen LogP contribution in [0, 0.1) is 0 Å². The summed E-state index contributed by atoms with van der Waals surface area (Å²) in [4.78, 5) is 0. The largest absolute Gasteiger partial charge is 0.375 e. The van der Waals surface area contributed by atoms with Gasteiger partial charge in [0.2, 0.25) is 0 Å². The fourth-order valence-corrected chi connectivity index (χ4v) is 2.01. The highest BCUT2D eigenvalue weighted by atomic mass is 79.9. The molecular formula is C13H20BrNO. The van der Waals surface area contributed by atoms with Crippen LogP contribution in [-0.2, 0) is 11.3 Å². The summed E-state index contributed by atoms with van der Waals surface area (Å²) in [6, 6.07) is 8.25. The smallest absolute Gasteiger partial charge is 0.0750 e. The van der Waals surface area contributed by atoms with Gasteiger partial charge in [-0.2, -0.15) is 0 Å². The molecular weight excluding hydrogens is 266 g/mol. The molecule has 0 aliphatic carbocycles. The van der Waals surface area contributed by atoms with Gasteiger partial charge >= 0.3 is 0 Å². The van der Waals surface area contributed by atoms with E-state index >= 15 is 0 Å². The van der Waals surface area contributed by atoms with Gasteiger partial charge < -0.3 is 10.1 Å². The maximum atomic E-state index is 5.62. The van der Waals surface area contributed by atoms with Crippen LogP contribution >= 0.6 is 15.9 Å². The van der Waals surface area contributed by atoms with E-state index in [-0.39, 0.29) is 5.60 Å². The summed E-state index contributed by atoms with van der Waals surface area (Å²) >= 11 is 3.54. The first-order valence-electron chi connectivity index (χ1n) is 5.63. The van der Waals surface area contributed by atoms with Crippen LogP contribution in [-0.4, -0.2) is 18.8 Å². The lowest BCUT2D eigenvalue weighted by molar-refractivity contribution is -0.00898. The zero-order valence-electron chi connectivity index (χ0n) is 10.2. The predicted molar refractivity (Wildman–Crippen MR) is 71.6 cm³/mol. The molecule has 2 nitrogen and oxygen atoms in total. The van der Waals surface area contributed by atoms with Gasteiger partial charge in [-0.1, -0.05) is 34.1 Å². The second kappa shape index (κ2) is 6.38. The van der Waals surface area contributed by atoms with E-state index in [1.165, 1.54) is 5.56 Å². The van der Waals surface area contributed by atoms with Gasteiger partial charge in [-0.15, -0.1) is 0 Å². The van der Waals surface area contributed by atoms with E-state index in [4.69, 9.17) is 4.74 Å². The Morgan fingerprint density at radius 1 is 1.31 bits per heavy atom. The van der Waals surface area contributed by atoms with Gasteiger partial charge in [0.25, 0.3) is 0 Å². The second-order valence-electron chi connectivity index (χ2n) is 4.39. The van der Waals surface area contributed by atoms with Crippen LogP contribution in [0.15, 0.2) is 28.7 Å². The monoisotopic (exact) mass is 285 g/mol. The Kier molecular flexibility index (Phi) is 5.46. The minimum atomic E-state index is -0.101. The minimum Gasteiger partial charge on any atom is -0.375 e. The normalized spacial score (nSPS) is 11.8. The maximum Gasteiger partial charge on any atom is 0.0750 e. The Morgan fingerprint density at radius 2 is 2.00 bits per heavy atom. The molecule has 16 heavy (non-hydrogen) atoms. The highest BCUT2D eigenvalue weighted by Gasteiger charge is 2.16. The summed E-state index contributed by atoms with van der Waals surface area (Å²) in [5.74, 6) is 0. The number of nitrogens with one attached hydrogen (secondary N) is 1. The van der Waals surface area contributed by atoms with Gasteiger partial charge in [0, 0.05) is 24.2 Å². The third-order valence-corrected chi connectivity index (χ3v) is 3.13. The zero-order chi connectivity index (χ0) is 12.0. The SMILES string of the molecule is CCOC(C)(C)CNCc1ccccc1Br. The first-order valence-corrected chi connectivity index (χ1v) is 6.42. The topological polar surface area (TPSA) is 21.3 Å². The minimum absolute atomic E-state index is 0.101. The third kappa shape index (κ3) is 4.64. The fraction of sp³-hybridized carbons (Fsp3) is 0.538. The molecule has 0 aromatic heterocycles. The van der Waals surface area contributed by atoms with E-state index in [0.717, 1.165) is 24.2 Å². The lowest BCUT2D eigenvalue weighted by Gasteiger charge is -2.25. The molecule has 0 heterocycles. The molecule has 0 unspecified atom stereocenters. The van der Waals surface area contributed by atoms with Gasteiger partial charge in [0.15, 0.2) is 0 Å². The van der Waals surface area contributed by atoms with Gasteiger partial charge in [-0.3, -0.25) is 0 Å². The van der Waals surface area contributed by atoms with Crippen molar-refractivity contribution in [3.63, 3.8) is 0 Å². The molecule has 90 valence electrons. The Bertz CT molecular complexity index is 325. The molecule has 0 fully saturated rings. The van der Waals surface area contributed by atoms with Crippen molar-refractivity contribution in [3.05, 3.63) is 34.3 Å². The number of hydrogen-bond donors (Lipinski definition) is 1.